The summed E-state index contributed by atoms with van der Waals surface area (Å²) in [7, 11) is 0. The molecule has 4 rings (SSSR count). The van der Waals surface area contributed by atoms with Gasteiger partial charge in [0.1, 0.15) is 6.04 Å². The molecule has 4 amide bonds. The molecule has 2 fully saturated rings. The second kappa shape index (κ2) is 10.0. The van der Waals surface area contributed by atoms with Crippen molar-refractivity contribution in [3.63, 3.8) is 0 Å². The maximum Gasteiger partial charge on any atom is 0.490 e. The Balaban J connectivity index is 0.000000429. The summed E-state index contributed by atoms with van der Waals surface area (Å²) in [6.07, 6.45) is -3.52. The third kappa shape index (κ3) is 6.15. The summed E-state index contributed by atoms with van der Waals surface area (Å²) in [6.45, 7) is 4.85. The fourth-order valence-electron chi connectivity index (χ4n) is 4.13. The van der Waals surface area contributed by atoms with Crippen molar-refractivity contribution in [3.05, 3.63) is 34.9 Å². The van der Waals surface area contributed by atoms with Crippen LogP contribution in [0.2, 0.25) is 0 Å². The molecule has 0 bridgehead atoms. The van der Waals surface area contributed by atoms with Crippen molar-refractivity contribution in [2.75, 3.05) is 19.6 Å². The molecular formula is C22H25F3N4O6. The molecule has 0 spiro atoms. The van der Waals surface area contributed by atoms with Gasteiger partial charge in [-0.05, 0) is 48.6 Å². The van der Waals surface area contributed by atoms with E-state index in [0.29, 0.717) is 24.1 Å². The van der Waals surface area contributed by atoms with Gasteiger partial charge in [0.25, 0.3) is 11.8 Å². The summed E-state index contributed by atoms with van der Waals surface area (Å²) in [6, 6.07) is 4.38. The lowest BCUT2D eigenvalue weighted by molar-refractivity contribution is -0.192. The molecule has 1 aromatic carbocycles. The summed E-state index contributed by atoms with van der Waals surface area (Å²) in [4.78, 5) is 59.1. The third-order valence-corrected chi connectivity index (χ3v) is 6.16. The van der Waals surface area contributed by atoms with Gasteiger partial charge >= 0.3 is 12.1 Å². The van der Waals surface area contributed by atoms with Crippen molar-refractivity contribution in [2.45, 2.75) is 44.9 Å². The minimum Gasteiger partial charge on any atom is -0.475 e. The van der Waals surface area contributed by atoms with Gasteiger partial charge in [-0.25, -0.2) is 4.79 Å². The number of carbonyl (C=O) groups excluding carboxylic acids is 4. The van der Waals surface area contributed by atoms with Crippen molar-refractivity contribution < 1.29 is 42.3 Å². The minimum absolute atomic E-state index is 0.0604. The van der Waals surface area contributed by atoms with E-state index >= 15 is 0 Å². The Labute approximate surface area is 198 Å². The molecule has 0 aliphatic carbocycles. The van der Waals surface area contributed by atoms with E-state index < -0.39 is 24.1 Å². The van der Waals surface area contributed by atoms with E-state index in [1.54, 1.807) is 18.2 Å². The molecule has 3 aliphatic rings. The number of carboxylic acids is 1. The zero-order valence-corrected chi connectivity index (χ0v) is 18.8. The predicted molar refractivity (Wildman–Crippen MR) is 114 cm³/mol. The second-order valence-corrected chi connectivity index (χ2v) is 8.99. The van der Waals surface area contributed by atoms with Gasteiger partial charge in [-0.3, -0.25) is 24.5 Å². The van der Waals surface area contributed by atoms with E-state index in [2.05, 4.69) is 22.9 Å². The van der Waals surface area contributed by atoms with Crippen LogP contribution in [0.15, 0.2) is 18.2 Å². The standard InChI is InChI=1S/C20H24N4O4.C2HF3O2/c1-20(6-7-21-10-20)11-22-17(26)12-2-3-14-13(8-12)9-24(19(14)28)15-4-5-16(25)23-18(15)27;3-2(4,5)1(6)7/h2-3,8,15,21H,4-7,9-11H2,1H3,(H,22,26)(H,23,25,27);(H,6,7). The van der Waals surface area contributed by atoms with Gasteiger partial charge in [-0.1, -0.05) is 6.92 Å². The third-order valence-electron chi connectivity index (χ3n) is 6.16. The fraction of sp³-hybridized carbons (Fsp3) is 0.500. The number of carbonyl (C=O) groups is 5. The van der Waals surface area contributed by atoms with Crippen LogP contribution in [0.3, 0.4) is 0 Å². The van der Waals surface area contributed by atoms with E-state index in [1.165, 1.54) is 4.90 Å². The van der Waals surface area contributed by atoms with Gasteiger partial charge in [0, 0.05) is 37.2 Å². The summed E-state index contributed by atoms with van der Waals surface area (Å²) in [5.74, 6) is -3.90. The van der Waals surface area contributed by atoms with Gasteiger partial charge in [-0.15, -0.1) is 0 Å². The van der Waals surface area contributed by atoms with Crippen molar-refractivity contribution in [1.82, 2.24) is 20.9 Å². The number of hydrogen-bond donors (Lipinski definition) is 4. The molecule has 13 heteroatoms. The Morgan fingerprint density at radius 3 is 2.51 bits per heavy atom. The van der Waals surface area contributed by atoms with Crippen molar-refractivity contribution in [3.8, 4) is 0 Å². The van der Waals surface area contributed by atoms with Crippen LogP contribution in [0.1, 0.15) is 52.5 Å². The molecule has 10 nitrogen and oxygen atoms in total. The maximum absolute atomic E-state index is 12.7. The number of rotatable bonds is 4. The number of carboxylic acid groups (broad SMARTS) is 1. The monoisotopic (exact) mass is 498 g/mol. The SMILES string of the molecule is CC1(CNC(=O)c2ccc3c(c2)CN(C2CCC(=O)NC2=O)C3=O)CCNC1.O=C(O)C(F)(F)F. The number of amides is 4. The zero-order chi connectivity index (χ0) is 26.0. The Hall–Kier alpha value is -3.48. The quantitative estimate of drug-likeness (QED) is 0.450. The first-order valence-electron chi connectivity index (χ1n) is 10.9. The number of imide groups is 1. The van der Waals surface area contributed by atoms with Crippen LogP contribution in [0.4, 0.5) is 13.2 Å². The summed E-state index contributed by atoms with van der Waals surface area (Å²) >= 11 is 0. The van der Waals surface area contributed by atoms with Crippen molar-refractivity contribution >= 4 is 29.6 Å². The van der Waals surface area contributed by atoms with Crippen LogP contribution >= 0.6 is 0 Å². The molecular weight excluding hydrogens is 473 g/mol. The lowest BCUT2D eigenvalue weighted by Crippen LogP contribution is -2.52. The van der Waals surface area contributed by atoms with Crippen LogP contribution in [-0.2, 0) is 20.9 Å². The van der Waals surface area contributed by atoms with E-state index in [-0.39, 0.29) is 36.1 Å². The smallest absolute Gasteiger partial charge is 0.475 e. The first-order valence-corrected chi connectivity index (χ1v) is 10.9. The summed E-state index contributed by atoms with van der Waals surface area (Å²) in [5, 5.41) is 15.7. The summed E-state index contributed by atoms with van der Waals surface area (Å²) < 4.78 is 31.7. The highest BCUT2D eigenvalue weighted by Gasteiger charge is 2.39. The molecule has 2 saturated heterocycles. The first-order chi connectivity index (χ1) is 16.3. The highest BCUT2D eigenvalue weighted by atomic mass is 19.4. The molecule has 2 unspecified atom stereocenters. The molecule has 0 radical (unpaired) electrons. The number of halogens is 3. The molecule has 35 heavy (non-hydrogen) atoms. The minimum atomic E-state index is -5.08. The Kier molecular flexibility index (Phi) is 7.48. The predicted octanol–water partition coefficient (Wildman–Crippen LogP) is 0.810. The lowest BCUT2D eigenvalue weighted by atomic mass is 9.90. The highest BCUT2D eigenvalue weighted by molar-refractivity contribution is 6.06. The van der Waals surface area contributed by atoms with E-state index in [4.69, 9.17) is 9.90 Å². The molecule has 2 atom stereocenters. The van der Waals surface area contributed by atoms with Crippen LogP contribution < -0.4 is 16.0 Å². The zero-order valence-electron chi connectivity index (χ0n) is 18.8. The van der Waals surface area contributed by atoms with Crippen LogP contribution in [0.25, 0.3) is 0 Å². The number of hydrogen-bond acceptors (Lipinski definition) is 6. The van der Waals surface area contributed by atoms with Gasteiger partial charge < -0.3 is 20.6 Å². The van der Waals surface area contributed by atoms with Crippen LogP contribution in [0.5, 0.6) is 0 Å². The van der Waals surface area contributed by atoms with Gasteiger partial charge in [0.05, 0.1) is 0 Å². The number of nitrogens with zero attached hydrogens (tertiary/aromatic N) is 1. The maximum atomic E-state index is 12.7. The molecule has 3 aliphatic heterocycles. The second-order valence-electron chi connectivity index (χ2n) is 8.99. The number of aliphatic carboxylic acids is 1. The van der Waals surface area contributed by atoms with E-state index in [1.807, 2.05) is 0 Å². The average molecular weight is 498 g/mol. The molecule has 0 saturated carbocycles. The van der Waals surface area contributed by atoms with Gasteiger partial charge in [0.2, 0.25) is 11.8 Å². The Morgan fingerprint density at radius 1 is 1.26 bits per heavy atom. The topological polar surface area (TPSA) is 145 Å². The molecule has 0 aromatic heterocycles. The normalized spacial score (nSPS) is 23.8. The summed E-state index contributed by atoms with van der Waals surface area (Å²) in [5.41, 5.74) is 1.81. The Morgan fingerprint density at radius 2 is 1.94 bits per heavy atom. The fourth-order valence-corrected chi connectivity index (χ4v) is 4.13. The van der Waals surface area contributed by atoms with E-state index in [0.717, 1.165) is 25.1 Å². The van der Waals surface area contributed by atoms with Gasteiger partial charge in [0.15, 0.2) is 0 Å². The van der Waals surface area contributed by atoms with Gasteiger partial charge in [-0.2, -0.15) is 13.2 Å². The number of benzene rings is 1. The van der Waals surface area contributed by atoms with Crippen LogP contribution in [0, 0.1) is 5.41 Å². The number of alkyl halides is 3. The number of piperidine rings is 1. The van der Waals surface area contributed by atoms with Crippen molar-refractivity contribution in [1.29, 1.82) is 0 Å². The van der Waals surface area contributed by atoms with Crippen molar-refractivity contribution in [2.24, 2.45) is 5.41 Å². The average Bonchev–Trinajstić information content (AvgIpc) is 3.35. The van der Waals surface area contributed by atoms with Crippen LogP contribution in [-0.4, -0.2) is 71.5 Å². The molecule has 190 valence electrons. The first kappa shape index (κ1) is 26.1. The number of nitrogens with one attached hydrogen (secondary N) is 3. The van der Waals surface area contributed by atoms with E-state index in [9.17, 15) is 32.3 Å². The molecule has 4 N–H and O–H groups in total. The Bertz CT molecular complexity index is 1050. The highest BCUT2D eigenvalue weighted by Crippen LogP contribution is 2.28. The lowest BCUT2D eigenvalue weighted by Gasteiger charge is -2.29. The molecule has 1 aromatic rings. The number of fused-ring (bicyclic) bond motifs is 1. The largest absolute Gasteiger partial charge is 0.490 e. The molecule has 3 heterocycles.